The van der Waals surface area contributed by atoms with E-state index in [1.807, 2.05) is 35.0 Å². The molecule has 0 radical (unpaired) electrons. The van der Waals surface area contributed by atoms with Crippen molar-refractivity contribution in [1.82, 2.24) is 30.1 Å². The number of rotatable bonds is 7. The van der Waals surface area contributed by atoms with Crippen LogP contribution >= 0.6 is 0 Å². The van der Waals surface area contributed by atoms with Gasteiger partial charge in [0.15, 0.2) is 5.82 Å². The largest absolute Gasteiger partial charge is 0.497 e. The first-order valence-electron chi connectivity index (χ1n) is 13.2. The number of H-pyrrole nitrogens is 1. The summed E-state index contributed by atoms with van der Waals surface area (Å²) in [6, 6.07) is 15.8. The van der Waals surface area contributed by atoms with Gasteiger partial charge in [-0.15, -0.1) is 5.10 Å². The number of methoxy groups -OCH3 is 1. The van der Waals surface area contributed by atoms with Crippen LogP contribution in [0.5, 0.6) is 5.75 Å². The van der Waals surface area contributed by atoms with Gasteiger partial charge in [-0.05, 0) is 78.0 Å². The number of aromatic amines is 1. The maximum absolute atomic E-state index is 13.5. The number of aryl methyl sites for hydroxylation is 1. The predicted molar refractivity (Wildman–Crippen MR) is 145 cm³/mol. The maximum Gasteiger partial charge on any atom is 0.253 e. The Morgan fingerprint density at radius 3 is 2.66 bits per heavy atom. The number of nitrogens with one attached hydrogen (secondary N) is 1. The standard InChI is InChI=1S/C28H33N7O3/c1-19-5-10-25-20(16-19)17-24(28(36)29-25)26(27-30-31-32-35(27)18-23-4-3-15-38-23)34-13-11-33(12-14-34)21-6-8-22(37-2)9-7-21/h5-10,16-17,23,26H,3-4,11-15,18H2,1-2H3,(H,29,36). The summed E-state index contributed by atoms with van der Waals surface area (Å²) >= 11 is 0. The highest BCUT2D eigenvalue weighted by Crippen LogP contribution is 2.30. The molecule has 0 aliphatic carbocycles. The molecule has 2 aliphatic heterocycles. The lowest BCUT2D eigenvalue weighted by molar-refractivity contribution is 0.0906. The second-order valence-corrected chi connectivity index (χ2v) is 10.1. The van der Waals surface area contributed by atoms with E-state index in [1.54, 1.807) is 7.11 Å². The minimum absolute atomic E-state index is 0.0855. The van der Waals surface area contributed by atoms with E-state index < -0.39 is 0 Å². The Morgan fingerprint density at radius 2 is 1.92 bits per heavy atom. The molecule has 6 rings (SSSR count). The summed E-state index contributed by atoms with van der Waals surface area (Å²) in [7, 11) is 1.68. The molecule has 2 unspecified atom stereocenters. The Kier molecular flexibility index (Phi) is 6.82. The van der Waals surface area contributed by atoms with Crippen molar-refractivity contribution in [3.63, 3.8) is 0 Å². The Bertz CT molecular complexity index is 1450. The molecule has 4 heterocycles. The average Bonchev–Trinajstić information content (AvgIpc) is 3.63. The summed E-state index contributed by atoms with van der Waals surface area (Å²) in [5, 5.41) is 13.8. The number of fused-ring (bicyclic) bond motifs is 1. The fourth-order valence-corrected chi connectivity index (χ4v) is 5.60. The number of ether oxygens (including phenoxy) is 2. The summed E-state index contributed by atoms with van der Waals surface area (Å²) in [5.74, 6) is 1.52. The zero-order valence-corrected chi connectivity index (χ0v) is 21.8. The summed E-state index contributed by atoms with van der Waals surface area (Å²) in [6.45, 7) is 6.56. The lowest BCUT2D eigenvalue weighted by atomic mass is 10.0. The molecule has 38 heavy (non-hydrogen) atoms. The molecule has 2 atom stereocenters. The molecular weight excluding hydrogens is 482 g/mol. The van der Waals surface area contributed by atoms with Crippen molar-refractivity contribution in [3.05, 3.63) is 75.8 Å². The normalized spacial score (nSPS) is 19.2. The van der Waals surface area contributed by atoms with E-state index in [0.717, 1.165) is 73.5 Å². The molecule has 0 saturated carbocycles. The topological polar surface area (TPSA) is 101 Å². The summed E-state index contributed by atoms with van der Waals surface area (Å²) < 4.78 is 13.0. The second-order valence-electron chi connectivity index (χ2n) is 10.1. The Hall–Kier alpha value is -3.76. The summed E-state index contributed by atoms with van der Waals surface area (Å²) in [5.41, 5.74) is 3.67. The van der Waals surface area contributed by atoms with E-state index in [9.17, 15) is 4.79 Å². The first-order chi connectivity index (χ1) is 18.6. The third-order valence-electron chi connectivity index (χ3n) is 7.64. The fraction of sp³-hybridized carbons (Fsp3) is 0.429. The Morgan fingerprint density at radius 1 is 1.11 bits per heavy atom. The van der Waals surface area contributed by atoms with E-state index in [2.05, 4.69) is 55.4 Å². The van der Waals surface area contributed by atoms with Crippen molar-refractivity contribution in [2.45, 2.75) is 38.5 Å². The van der Waals surface area contributed by atoms with Crippen LogP contribution in [-0.2, 0) is 11.3 Å². The highest BCUT2D eigenvalue weighted by molar-refractivity contribution is 5.79. The minimum atomic E-state index is -0.377. The van der Waals surface area contributed by atoms with Crippen LogP contribution in [0.15, 0.2) is 53.3 Å². The van der Waals surface area contributed by atoms with Crippen LogP contribution in [0.3, 0.4) is 0 Å². The number of benzene rings is 2. The van der Waals surface area contributed by atoms with Gasteiger partial charge in [-0.3, -0.25) is 9.69 Å². The molecule has 2 saturated heterocycles. The van der Waals surface area contributed by atoms with Gasteiger partial charge in [0.25, 0.3) is 5.56 Å². The predicted octanol–water partition coefficient (Wildman–Crippen LogP) is 2.92. The van der Waals surface area contributed by atoms with Crippen LogP contribution in [0, 0.1) is 6.92 Å². The van der Waals surface area contributed by atoms with Crippen LogP contribution < -0.4 is 15.2 Å². The zero-order valence-electron chi connectivity index (χ0n) is 21.8. The zero-order chi connectivity index (χ0) is 26.1. The number of tetrazole rings is 1. The smallest absolute Gasteiger partial charge is 0.253 e. The molecule has 2 aliphatic rings. The highest BCUT2D eigenvalue weighted by Gasteiger charge is 2.33. The van der Waals surface area contributed by atoms with Gasteiger partial charge < -0.3 is 19.4 Å². The van der Waals surface area contributed by atoms with Crippen molar-refractivity contribution in [2.75, 3.05) is 44.8 Å². The Labute approximate surface area is 221 Å². The number of piperazine rings is 1. The molecule has 2 aromatic carbocycles. The van der Waals surface area contributed by atoms with E-state index in [4.69, 9.17) is 9.47 Å². The van der Waals surface area contributed by atoms with E-state index >= 15 is 0 Å². The van der Waals surface area contributed by atoms with Crippen LogP contribution in [0.1, 0.15) is 35.8 Å². The van der Waals surface area contributed by atoms with Crippen LogP contribution in [0.2, 0.25) is 0 Å². The molecule has 0 bridgehead atoms. The van der Waals surface area contributed by atoms with Crippen molar-refractivity contribution in [3.8, 4) is 5.75 Å². The molecule has 10 heteroatoms. The third-order valence-corrected chi connectivity index (χ3v) is 7.64. The fourth-order valence-electron chi connectivity index (χ4n) is 5.60. The molecule has 0 spiro atoms. The maximum atomic E-state index is 13.5. The van der Waals surface area contributed by atoms with Gasteiger partial charge in [0.2, 0.25) is 0 Å². The lowest BCUT2D eigenvalue weighted by Crippen LogP contribution is -2.49. The monoisotopic (exact) mass is 515 g/mol. The van der Waals surface area contributed by atoms with Gasteiger partial charge in [0.1, 0.15) is 11.8 Å². The number of hydrogen-bond acceptors (Lipinski definition) is 8. The Balaban J connectivity index is 1.34. The first-order valence-corrected chi connectivity index (χ1v) is 13.2. The van der Waals surface area contributed by atoms with Gasteiger partial charge in [0.05, 0.1) is 19.8 Å². The SMILES string of the molecule is COc1ccc(N2CCN(C(c3cc4cc(C)ccc4[nH]c3=O)c3nnnn3CC3CCCO3)CC2)cc1. The molecule has 2 aromatic heterocycles. The van der Waals surface area contributed by atoms with Gasteiger partial charge >= 0.3 is 0 Å². The average molecular weight is 516 g/mol. The number of nitrogens with zero attached hydrogens (tertiary/aromatic N) is 6. The van der Waals surface area contributed by atoms with E-state index in [-0.39, 0.29) is 17.7 Å². The van der Waals surface area contributed by atoms with E-state index in [0.29, 0.717) is 17.9 Å². The molecule has 0 amide bonds. The second kappa shape index (κ2) is 10.5. The molecule has 2 fully saturated rings. The number of anilines is 1. The lowest BCUT2D eigenvalue weighted by Gasteiger charge is -2.39. The van der Waals surface area contributed by atoms with Gasteiger partial charge in [-0.25, -0.2) is 4.68 Å². The molecule has 198 valence electrons. The van der Waals surface area contributed by atoms with Crippen molar-refractivity contribution >= 4 is 16.6 Å². The quantitative estimate of drug-likeness (QED) is 0.401. The van der Waals surface area contributed by atoms with Gasteiger partial charge in [-0.1, -0.05) is 11.6 Å². The van der Waals surface area contributed by atoms with Crippen LogP contribution in [0.25, 0.3) is 10.9 Å². The number of hydrogen-bond donors (Lipinski definition) is 1. The van der Waals surface area contributed by atoms with Gasteiger partial charge in [-0.2, -0.15) is 0 Å². The minimum Gasteiger partial charge on any atom is -0.497 e. The van der Waals surface area contributed by atoms with Gasteiger partial charge in [0, 0.05) is 49.6 Å². The third kappa shape index (κ3) is 4.89. The number of aromatic nitrogens is 5. The summed E-state index contributed by atoms with van der Waals surface area (Å²) in [6.07, 6.45) is 2.12. The summed E-state index contributed by atoms with van der Waals surface area (Å²) in [4.78, 5) is 21.3. The first kappa shape index (κ1) is 24.6. The molecule has 10 nitrogen and oxygen atoms in total. The molecule has 1 N–H and O–H groups in total. The molecule has 4 aromatic rings. The van der Waals surface area contributed by atoms with E-state index in [1.165, 1.54) is 0 Å². The van der Waals surface area contributed by atoms with Crippen molar-refractivity contribution in [2.24, 2.45) is 0 Å². The van der Waals surface area contributed by atoms with Crippen molar-refractivity contribution in [1.29, 1.82) is 0 Å². The van der Waals surface area contributed by atoms with Crippen molar-refractivity contribution < 1.29 is 9.47 Å². The highest BCUT2D eigenvalue weighted by atomic mass is 16.5. The molecular formula is C28H33N7O3. The van der Waals surface area contributed by atoms with Crippen LogP contribution in [0.4, 0.5) is 5.69 Å². The van der Waals surface area contributed by atoms with Crippen LogP contribution in [-0.4, -0.2) is 76.1 Å². The number of pyridine rings is 1.